The molecule has 7 heteroatoms. The van der Waals surface area contributed by atoms with Gasteiger partial charge in [0.15, 0.2) is 0 Å². The molecule has 3 aromatic rings. The molecule has 1 atom stereocenters. The molecule has 0 spiro atoms. The van der Waals surface area contributed by atoms with Gasteiger partial charge in [-0.25, -0.2) is 4.68 Å². The number of esters is 1. The van der Waals surface area contributed by atoms with E-state index >= 15 is 0 Å². The molecule has 1 aliphatic rings. The second kappa shape index (κ2) is 7.47. The minimum atomic E-state index is -0.858. The first-order valence-corrected chi connectivity index (χ1v) is 10.3. The summed E-state index contributed by atoms with van der Waals surface area (Å²) in [4.78, 5) is 17.3. The molecule has 0 bridgehead atoms. The van der Waals surface area contributed by atoms with Crippen molar-refractivity contribution in [2.75, 3.05) is 7.11 Å². The highest BCUT2D eigenvalue weighted by molar-refractivity contribution is 5.82. The lowest BCUT2D eigenvalue weighted by atomic mass is 9.70. The zero-order valence-electron chi connectivity index (χ0n) is 18.1. The molecule has 1 fully saturated rings. The molecule has 2 heterocycles. The first-order chi connectivity index (χ1) is 14.3. The van der Waals surface area contributed by atoms with Crippen LogP contribution < -0.4 is 0 Å². The third-order valence-corrected chi connectivity index (χ3v) is 6.29. The summed E-state index contributed by atoms with van der Waals surface area (Å²) in [5, 5.41) is 18.6. The number of carbonyl (C=O) groups is 1. The molecule has 30 heavy (non-hydrogen) atoms. The summed E-state index contributed by atoms with van der Waals surface area (Å²) in [6.07, 6.45) is 4.06. The zero-order valence-corrected chi connectivity index (χ0v) is 18.1. The number of benzene rings is 1. The van der Waals surface area contributed by atoms with Gasteiger partial charge in [0.25, 0.3) is 0 Å². The Kier molecular flexibility index (Phi) is 5.10. The molecule has 1 saturated carbocycles. The molecule has 0 radical (unpaired) electrons. The smallest absolute Gasteiger partial charge is 0.312 e. The first-order valence-electron chi connectivity index (χ1n) is 10.3. The van der Waals surface area contributed by atoms with Crippen LogP contribution in [0.1, 0.15) is 66.6 Å². The normalized spacial score (nSPS) is 15.4. The Morgan fingerprint density at radius 1 is 1.33 bits per heavy atom. The Labute approximate surface area is 176 Å². The molecule has 1 aromatic carbocycles. The Balaban J connectivity index is 1.92. The first kappa shape index (κ1) is 20.5. The van der Waals surface area contributed by atoms with Gasteiger partial charge in [0, 0.05) is 17.8 Å². The Morgan fingerprint density at radius 3 is 2.70 bits per heavy atom. The summed E-state index contributed by atoms with van der Waals surface area (Å²) in [6.45, 7) is 7.55. The molecular weight excluding hydrogens is 380 g/mol. The third kappa shape index (κ3) is 3.27. The molecule has 0 aliphatic heterocycles. The maximum Gasteiger partial charge on any atom is 0.312 e. The molecular formula is C23H28N4O3. The fraction of sp³-hybridized carbons (Fsp3) is 0.478. The predicted octanol–water partition coefficient (Wildman–Crippen LogP) is 3.60. The van der Waals surface area contributed by atoms with E-state index < -0.39 is 5.41 Å². The van der Waals surface area contributed by atoms with Crippen molar-refractivity contribution >= 4 is 17.0 Å². The van der Waals surface area contributed by atoms with Crippen molar-refractivity contribution in [1.82, 2.24) is 20.0 Å². The van der Waals surface area contributed by atoms with E-state index in [-0.39, 0.29) is 18.5 Å². The van der Waals surface area contributed by atoms with Gasteiger partial charge in [0.1, 0.15) is 5.52 Å². The Morgan fingerprint density at radius 2 is 2.07 bits per heavy atom. The number of pyridine rings is 1. The monoisotopic (exact) mass is 408 g/mol. The van der Waals surface area contributed by atoms with Crippen molar-refractivity contribution in [2.24, 2.45) is 5.41 Å². The third-order valence-electron chi connectivity index (χ3n) is 6.29. The zero-order chi connectivity index (χ0) is 21.6. The molecule has 0 amide bonds. The number of hydrogen-bond donors (Lipinski definition) is 1. The summed E-state index contributed by atoms with van der Waals surface area (Å²) in [6, 6.07) is 6.48. The molecule has 1 aliphatic carbocycles. The van der Waals surface area contributed by atoms with Crippen LogP contribution in [-0.4, -0.2) is 38.2 Å². The topological polar surface area (TPSA) is 90.1 Å². The van der Waals surface area contributed by atoms with Crippen LogP contribution >= 0.6 is 0 Å². The summed E-state index contributed by atoms with van der Waals surface area (Å²) >= 11 is 0. The summed E-state index contributed by atoms with van der Waals surface area (Å²) in [5.41, 5.74) is 5.37. The maximum absolute atomic E-state index is 12.8. The second-order valence-electron chi connectivity index (χ2n) is 8.73. The highest BCUT2D eigenvalue weighted by Gasteiger charge is 2.41. The molecule has 158 valence electrons. The number of carbonyl (C=O) groups excluding carboxylic acids is 1. The predicted molar refractivity (Wildman–Crippen MR) is 113 cm³/mol. The molecule has 7 nitrogen and oxygen atoms in total. The number of aliphatic hydroxyl groups excluding tert-OH is 1. The van der Waals surface area contributed by atoms with Gasteiger partial charge in [-0.3, -0.25) is 9.78 Å². The quantitative estimate of drug-likeness (QED) is 0.627. The van der Waals surface area contributed by atoms with Crippen molar-refractivity contribution in [1.29, 1.82) is 0 Å². The lowest BCUT2D eigenvalue weighted by Gasteiger charge is -2.33. The lowest BCUT2D eigenvalue weighted by molar-refractivity contribution is -0.151. The number of aryl methyl sites for hydroxylation is 2. The fourth-order valence-corrected chi connectivity index (χ4v) is 4.34. The van der Waals surface area contributed by atoms with E-state index in [4.69, 9.17) is 4.74 Å². The number of ether oxygens (including phenoxy) is 1. The number of rotatable bonds is 6. The van der Waals surface area contributed by atoms with Crippen molar-refractivity contribution in [3.63, 3.8) is 0 Å². The van der Waals surface area contributed by atoms with Crippen LogP contribution in [0, 0.1) is 19.3 Å². The molecule has 2 aromatic heterocycles. The van der Waals surface area contributed by atoms with Crippen LogP contribution in [0.2, 0.25) is 0 Å². The van der Waals surface area contributed by atoms with E-state index in [0.717, 1.165) is 51.8 Å². The highest BCUT2D eigenvalue weighted by Crippen LogP contribution is 2.45. The van der Waals surface area contributed by atoms with Crippen LogP contribution in [0.15, 0.2) is 24.4 Å². The van der Waals surface area contributed by atoms with Crippen molar-refractivity contribution in [2.45, 2.75) is 59.1 Å². The standard InChI is InChI=1S/C23H28N4O3/c1-13-18(8-9-19-21(13)25-26-27(19)17-6-7-17)20(23(3,4)22(29)30-5)15-10-16(12-28)14(2)24-11-15/h8-11,17,20,28H,6-7,12H2,1-5H3. The van der Waals surface area contributed by atoms with Crippen molar-refractivity contribution in [3.05, 3.63) is 52.3 Å². The molecule has 1 unspecified atom stereocenters. The number of aliphatic hydroxyl groups is 1. The van der Waals surface area contributed by atoms with Crippen LogP contribution in [0.25, 0.3) is 11.0 Å². The van der Waals surface area contributed by atoms with E-state index in [0.29, 0.717) is 6.04 Å². The van der Waals surface area contributed by atoms with Crippen molar-refractivity contribution in [3.8, 4) is 0 Å². The average Bonchev–Trinajstić information content (AvgIpc) is 3.48. The van der Waals surface area contributed by atoms with Gasteiger partial charge in [-0.05, 0) is 74.9 Å². The average molecular weight is 409 g/mol. The number of hydrogen-bond acceptors (Lipinski definition) is 6. The van der Waals surface area contributed by atoms with Gasteiger partial charge >= 0.3 is 5.97 Å². The second-order valence-corrected chi connectivity index (χ2v) is 8.73. The van der Waals surface area contributed by atoms with Crippen LogP contribution in [0.3, 0.4) is 0 Å². The van der Waals surface area contributed by atoms with Crippen LogP contribution in [-0.2, 0) is 16.1 Å². The van der Waals surface area contributed by atoms with Gasteiger partial charge in [0.2, 0.25) is 0 Å². The minimum Gasteiger partial charge on any atom is -0.469 e. The van der Waals surface area contributed by atoms with E-state index in [2.05, 4.69) is 21.4 Å². The lowest BCUT2D eigenvalue weighted by Crippen LogP contribution is -2.34. The van der Waals surface area contributed by atoms with Crippen LogP contribution in [0.5, 0.6) is 0 Å². The van der Waals surface area contributed by atoms with E-state index in [1.807, 2.05) is 44.5 Å². The molecule has 4 rings (SSSR count). The molecule has 1 N–H and O–H groups in total. The SMILES string of the molecule is COC(=O)C(C)(C)C(c1cnc(C)c(CO)c1)c1ccc2c(nnn2C2CC2)c1C. The van der Waals surface area contributed by atoms with Gasteiger partial charge in [-0.15, -0.1) is 5.10 Å². The Hall–Kier alpha value is -2.80. The summed E-state index contributed by atoms with van der Waals surface area (Å²) in [5.74, 6) is -0.626. The van der Waals surface area contributed by atoms with Gasteiger partial charge < -0.3 is 9.84 Å². The number of aromatic nitrogens is 4. The summed E-state index contributed by atoms with van der Waals surface area (Å²) < 4.78 is 7.15. The largest absolute Gasteiger partial charge is 0.469 e. The van der Waals surface area contributed by atoms with Gasteiger partial charge in [-0.1, -0.05) is 11.3 Å². The fourth-order valence-electron chi connectivity index (χ4n) is 4.34. The summed E-state index contributed by atoms with van der Waals surface area (Å²) in [7, 11) is 1.41. The van der Waals surface area contributed by atoms with Crippen molar-refractivity contribution < 1.29 is 14.6 Å². The van der Waals surface area contributed by atoms with Gasteiger partial charge in [0.05, 0.1) is 30.7 Å². The Bertz CT molecular complexity index is 1120. The minimum absolute atomic E-state index is 0.105. The van der Waals surface area contributed by atoms with E-state index in [1.165, 1.54) is 7.11 Å². The molecule has 0 saturated heterocycles. The maximum atomic E-state index is 12.8. The number of fused-ring (bicyclic) bond motifs is 1. The highest BCUT2D eigenvalue weighted by atomic mass is 16.5. The van der Waals surface area contributed by atoms with Crippen LogP contribution in [0.4, 0.5) is 0 Å². The van der Waals surface area contributed by atoms with E-state index in [1.54, 1.807) is 6.20 Å². The number of nitrogens with zero attached hydrogens (tertiary/aromatic N) is 4. The van der Waals surface area contributed by atoms with Gasteiger partial charge in [-0.2, -0.15) is 0 Å². The van der Waals surface area contributed by atoms with E-state index in [9.17, 15) is 9.90 Å². The number of methoxy groups -OCH3 is 1.